The van der Waals surface area contributed by atoms with Crippen molar-refractivity contribution in [1.29, 1.82) is 0 Å². The molecule has 0 aliphatic rings. The van der Waals surface area contributed by atoms with Crippen molar-refractivity contribution in [2.75, 3.05) is 65.4 Å². The molecule has 12 heteroatoms. The second-order valence-corrected chi connectivity index (χ2v) is 9.20. The van der Waals surface area contributed by atoms with Crippen molar-refractivity contribution in [3.63, 3.8) is 0 Å². The van der Waals surface area contributed by atoms with Gasteiger partial charge in [0.2, 0.25) is 5.54 Å². The molecule has 36 heavy (non-hydrogen) atoms. The van der Waals surface area contributed by atoms with E-state index in [9.17, 15) is 19.2 Å². The minimum Gasteiger partial charge on any atom is -0.358 e. The third-order valence-corrected chi connectivity index (χ3v) is 5.96. The lowest BCUT2D eigenvalue weighted by Gasteiger charge is -2.27. The molecule has 0 radical (unpaired) electrons. The molecule has 0 amide bonds. The molecule has 212 valence electrons. The smallest absolute Gasteiger partial charge is 0.208 e. The lowest BCUT2D eigenvalue weighted by atomic mass is 9.87. The third kappa shape index (κ3) is 19.5. The van der Waals surface area contributed by atoms with Crippen LogP contribution in [0.2, 0.25) is 0 Å². The van der Waals surface area contributed by atoms with E-state index in [1.165, 1.54) is 45.3 Å². The Kier molecular flexibility index (Phi) is 26.8. The number of carbonyl (C=O) groups excluding carboxylic acids is 4. The van der Waals surface area contributed by atoms with Crippen LogP contribution in [0.4, 0.5) is 0 Å². The first-order valence-corrected chi connectivity index (χ1v) is 13.6. The topological polar surface area (TPSA) is 236 Å². The fraction of sp³-hybridized carbons (Fsp3) is 0.833. The van der Waals surface area contributed by atoms with Gasteiger partial charge in [-0.25, -0.2) is 0 Å². The van der Waals surface area contributed by atoms with E-state index in [0.29, 0.717) is 51.3 Å². The highest BCUT2D eigenvalue weighted by atomic mass is 16.1. The van der Waals surface area contributed by atoms with Crippen molar-refractivity contribution in [3.05, 3.63) is 0 Å². The number of hydrogen-bond donors (Lipinski definition) is 8. The lowest BCUT2D eigenvalue weighted by molar-refractivity contribution is -0.698. The zero-order valence-corrected chi connectivity index (χ0v) is 22.7. The van der Waals surface area contributed by atoms with E-state index in [-0.39, 0.29) is 12.8 Å². The van der Waals surface area contributed by atoms with Gasteiger partial charge in [-0.3, -0.25) is 14.9 Å². The molecule has 0 aromatic heterocycles. The fourth-order valence-corrected chi connectivity index (χ4v) is 3.39. The van der Waals surface area contributed by atoms with Gasteiger partial charge >= 0.3 is 0 Å². The molecule has 0 bridgehead atoms. The minimum absolute atomic E-state index is 0.0928. The molecular weight excluding hydrogens is 464 g/mol. The molecule has 0 fully saturated rings. The fourth-order valence-electron chi connectivity index (χ4n) is 3.39. The number of quaternary nitrogens is 6. The van der Waals surface area contributed by atoms with Crippen molar-refractivity contribution in [3.8, 4) is 0 Å². The molecule has 18 N–H and O–H groups in total. The van der Waals surface area contributed by atoms with Crippen molar-refractivity contribution < 1.29 is 52.7 Å². The zero-order valence-electron chi connectivity index (χ0n) is 22.7. The molecule has 0 spiro atoms. The number of rotatable bonds is 26. The average Bonchev–Trinajstić information content (AvgIpc) is 2.91. The van der Waals surface area contributed by atoms with Gasteiger partial charge in [-0.1, -0.05) is 0 Å². The van der Waals surface area contributed by atoms with Gasteiger partial charge in [-0.2, -0.15) is 0 Å². The monoisotopic (exact) mass is 522 g/mol. The molecule has 0 rings (SSSR count). The van der Waals surface area contributed by atoms with Crippen molar-refractivity contribution in [2.45, 2.75) is 62.4 Å². The summed E-state index contributed by atoms with van der Waals surface area (Å²) < 4.78 is 0. The number of aldehydes is 4. The van der Waals surface area contributed by atoms with E-state index >= 15 is 0 Å². The highest BCUT2D eigenvalue weighted by Gasteiger charge is 2.38. The Morgan fingerprint density at radius 1 is 0.583 bits per heavy atom. The van der Waals surface area contributed by atoms with E-state index < -0.39 is 11.1 Å². The first kappa shape index (κ1) is 36.5. The summed E-state index contributed by atoms with van der Waals surface area (Å²) in [5, 5.41) is 10.4. The van der Waals surface area contributed by atoms with Crippen LogP contribution in [0.1, 0.15) is 51.4 Å². The van der Waals surface area contributed by atoms with E-state index in [1.54, 1.807) is 5.32 Å². The first-order valence-electron chi connectivity index (χ1n) is 13.6. The second kappa shape index (κ2) is 26.4. The maximum absolute atomic E-state index is 11.3. The van der Waals surface area contributed by atoms with Gasteiger partial charge in [0.15, 0.2) is 12.6 Å². The van der Waals surface area contributed by atoms with E-state index in [0.717, 1.165) is 32.5 Å². The van der Waals surface area contributed by atoms with Crippen LogP contribution in [-0.4, -0.2) is 102 Å². The number of hydrogen-bond acceptors (Lipinski definition) is 6. The molecule has 0 saturated heterocycles. The summed E-state index contributed by atoms with van der Waals surface area (Å²) in [7, 11) is 0. The predicted molar refractivity (Wildman–Crippen MR) is 137 cm³/mol. The maximum atomic E-state index is 11.3. The summed E-state index contributed by atoms with van der Waals surface area (Å²) in [5.74, 6) is 0. The molecule has 0 heterocycles. The Morgan fingerprint density at radius 3 is 1.67 bits per heavy atom. The van der Waals surface area contributed by atoms with Gasteiger partial charge in [0.05, 0.1) is 45.8 Å². The Bertz CT molecular complexity index is 478. The molecule has 12 nitrogen and oxygen atoms in total. The van der Waals surface area contributed by atoms with Gasteiger partial charge in [0, 0.05) is 45.2 Å². The Balaban J connectivity index is 0. The minimum atomic E-state index is -1.35. The van der Waals surface area contributed by atoms with Crippen LogP contribution in [0.3, 0.4) is 0 Å². The number of nitrogens with two attached hydrogens (primary N) is 2. The van der Waals surface area contributed by atoms with Crippen LogP contribution in [0.5, 0.6) is 0 Å². The largest absolute Gasteiger partial charge is 0.358 e. The normalized spacial score (nSPS) is 11.4. The Morgan fingerprint density at radius 2 is 1.11 bits per heavy atom. The molecule has 0 aromatic carbocycles. The van der Waals surface area contributed by atoms with Crippen molar-refractivity contribution in [2.24, 2.45) is 0 Å². The number of nitrogens with one attached hydrogen (secondary N) is 2. The standard InChI is InChI=1S/C14H26N4O4.C10H26N4/c15-5-1-7-17-13(9-19,10-20)3-4-14(11-21,12-22)18-8-2-6-16;11-5-3-9-13-7-1-2-8-14-10-4-6-12/h9-12,17-18H,1-8,15-16H2;13-14H,1-12H2/p+6. The third-order valence-electron chi connectivity index (χ3n) is 5.96. The molecule has 0 unspecified atom stereocenters. The molecule has 0 aromatic rings. The number of carbonyl (C=O) groups is 4. The highest BCUT2D eigenvalue weighted by Crippen LogP contribution is 2.13. The predicted octanol–water partition coefficient (Wildman–Crippen LogP) is -7.36. The van der Waals surface area contributed by atoms with E-state index in [4.69, 9.17) is 0 Å². The van der Waals surface area contributed by atoms with Crippen molar-refractivity contribution >= 4 is 25.1 Å². The van der Waals surface area contributed by atoms with Crippen LogP contribution < -0.4 is 44.2 Å². The van der Waals surface area contributed by atoms with Gasteiger partial charge < -0.3 is 48.5 Å². The molecule has 0 aliphatic carbocycles. The zero-order chi connectivity index (χ0) is 27.4. The lowest BCUT2D eigenvalue weighted by Crippen LogP contribution is -2.98. The SMILES string of the molecule is [NH3+]CCCNC(C=O)(C=O)CCC(C=O)(C=O)[NH2+]CCC[NH3+].[NH3+]CCCNCCCC[NH2+]CCC[NH3+]. The number of unbranched alkanes of at least 4 members (excludes halogenated alkanes) is 1. The van der Waals surface area contributed by atoms with Crippen LogP contribution in [0, 0.1) is 0 Å². The second-order valence-electron chi connectivity index (χ2n) is 9.20. The van der Waals surface area contributed by atoms with Gasteiger partial charge in [0.25, 0.3) is 0 Å². The summed E-state index contributed by atoms with van der Waals surface area (Å²) in [6.07, 6.45) is 9.05. The van der Waals surface area contributed by atoms with Crippen LogP contribution in [0.25, 0.3) is 0 Å². The van der Waals surface area contributed by atoms with Gasteiger partial charge in [0.1, 0.15) is 18.1 Å². The Labute approximate surface area is 216 Å². The van der Waals surface area contributed by atoms with Crippen LogP contribution in [-0.2, 0) is 19.2 Å². The average molecular weight is 523 g/mol. The Hall–Kier alpha value is -1.64. The van der Waals surface area contributed by atoms with Crippen LogP contribution in [0.15, 0.2) is 0 Å². The quantitative estimate of drug-likeness (QED) is 0.0312. The van der Waals surface area contributed by atoms with Crippen molar-refractivity contribution in [1.82, 2.24) is 10.6 Å². The summed E-state index contributed by atoms with van der Waals surface area (Å²) in [6, 6.07) is 0. The summed E-state index contributed by atoms with van der Waals surface area (Å²) in [5.41, 5.74) is 12.4. The molecule has 0 atom stereocenters. The summed E-state index contributed by atoms with van der Waals surface area (Å²) >= 11 is 0. The molecule has 0 aliphatic heterocycles. The van der Waals surface area contributed by atoms with E-state index in [1.807, 2.05) is 0 Å². The van der Waals surface area contributed by atoms with Gasteiger partial charge in [-0.05, 0) is 25.8 Å². The first-order chi connectivity index (χ1) is 17.5. The molecule has 0 saturated carbocycles. The van der Waals surface area contributed by atoms with Gasteiger partial charge in [-0.15, -0.1) is 0 Å². The van der Waals surface area contributed by atoms with Crippen LogP contribution >= 0.6 is 0 Å². The summed E-state index contributed by atoms with van der Waals surface area (Å²) in [4.78, 5) is 45.2. The summed E-state index contributed by atoms with van der Waals surface area (Å²) in [6.45, 7) is 9.41. The van der Waals surface area contributed by atoms with E-state index in [2.05, 4.69) is 38.9 Å². The maximum Gasteiger partial charge on any atom is 0.208 e. The highest BCUT2D eigenvalue weighted by molar-refractivity contribution is 5.90. The molecular formula is C24H58N8O4+6.